The molecule has 2 N–H and O–H groups in total. The van der Waals surface area contributed by atoms with Crippen LogP contribution in [0.4, 0.5) is 0 Å². The molecule has 0 aliphatic heterocycles. The van der Waals surface area contributed by atoms with Crippen LogP contribution in [0, 0.1) is 0 Å². The molecule has 0 radical (unpaired) electrons. The predicted molar refractivity (Wildman–Crippen MR) is 141 cm³/mol. The second-order valence-corrected chi connectivity index (χ2v) is 11.3. The summed E-state index contributed by atoms with van der Waals surface area (Å²) in [6.45, 7) is 11.0. The van der Waals surface area contributed by atoms with Gasteiger partial charge in [-0.2, -0.15) is 0 Å². The Bertz CT molecular complexity index is 672. The molecular formula is C25H47N3O6S. The smallest absolute Gasteiger partial charge is 0.223 e. The van der Waals surface area contributed by atoms with E-state index in [1.54, 1.807) is 21.2 Å². The van der Waals surface area contributed by atoms with E-state index in [2.05, 4.69) is 10.6 Å². The van der Waals surface area contributed by atoms with E-state index in [-0.39, 0.29) is 54.2 Å². The van der Waals surface area contributed by atoms with E-state index < -0.39 is 5.25 Å². The number of ether oxygens (including phenoxy) is 2. The summed E-state index contributed by atoms with van der Waals surface area (Å²) in [5.74, 6) is 0.0784. The number of methoxy groups -OCH3 is 1. The molecule has 0 aromatic heterocycles. The van der Waals surface area contributed by atoms with Gasteiger partial charge in [0.05, 0.1) is 29.1 Å². The normalized spacial score (nSPS) is 13.7. The zero-order valence-electron chi connectivity index (χ0n) is 22.9. The summed E-state index contributed by atoms with van der Waals surface area (Å²) in [6.07, 6.45) is 3.36. The Balaban J connectivity index is 4.20. The number of aldehydes is 1. The van der Waals surface area contributed by atoms with Crippen molar-refractivity contribution in [2.75, 3.05) is 46.7 Å². The zero-order valence-corrected chi connectivity index (χ0v) is 23.7. The predicted octanol–water partition coefficient (Wildman–Crippen LogP) is 2.21. The van der Waals surface area contributed by atoms with Crippen LogP contribution in [0.25, 0.3) is 0 Å². The number of ketones is 1. The van der Waals surface area contributed by atoms with Crippen LogP contribution in [0.2, 0.25) is 0 Å². The molecular weight excluding hydrogens is 470 g/mol. The number of carbonyl (C=O) groups excluding carboxylic acids is 4. The molecule has 9 nitrogen and oxygen atoms in total. The van der Waals surface area contributed by atoms with Gasteiger partial charge in [-0.1, -0.05) is 0 Å². The van der Waals surface area contributed by atoms with E-state index in [9.17, 15) is 19.2 Å². The molecule has 0 aromatic rings. The Morgan fingerprint density at radius 1 is 1.11 bits per heavy atom. The van der Waals surface area contributed by atoms with E-state index >= 15 is 0 Å². The quantitative estimate of drug-likeness (QED) is 0.187. The molecule has 0 spiro atoms. The number of nitrogens with one attached hydrogen (secondary N) is 2. The molecule has 0 heterocycles. The number of Topliss-reactive ketones (excluding diaryl/α,β-unsaturated/α-hetero) is 1. The first-order valence-electron chi connectivity index (χ1n) is 12.2. The Hall–Kier alpha value is -1.49. The van der Waals surface area contributed by atoms with Gasteiger partial charge in [0.15, 0.2) is 0 Å². The van der Waals surface area contributed by atoms with Crippen molar-refractivity contribution in [3.63, 3.8) is 0 Å². The van der Waals surface area contributed by atoms with Crippen LogP contribution in [-0.4, -0.2) is 97.9 Å². The van der Waals surface area contributed by atoms with Crippen LogP contribution >= 0.6 is 11.8 Å². The molecule has 0 fully saturated rings. The second-order valence-electron chi connectivity index (χ2n) is 10.0. The highest BCUT2D eigenvalue weighted by atomic mass is 32.2. The number of rotatable bonds is 20. The van der Waals surface area contributed by atoms with E-state index in [0.29, 0.717) is 18.9 Å². The van der Waals surface area contributed by atoms with E-state index in [1.807, 2.05) is 27.7 Å². The summed E-state index contributed by atoms with van der Waals surface area (Å²) in [5, 5.41) is 5.26. The van der Waals surface area contributed by atoms with Crippen molar-refractivity contribution < 1.29 is 28.7 Å². The molecule has 2 atom stereocenters. The molecule has 0 aliphatic rings. The minimum atomic E-state index is -0.528. The van der Waals surface area contributed by atoms with Crippen LogP contribution < -0.4 is 10.6 Å². The van der Waals surface area contributed by atoms with Gasteiger partial charge >= 0.3 is 0 Å². The van der Waals surface area contributed by atoms with Crippen LogP contribution in [0.1, 0.15) is 66.7 Å². The van der Waals surface area contributed by atoms with Crippen molar-refractivity contribution in [3.8, 4) is 0 Å². The molecule has 2 unspecified atom stereocenters. The average molecular weight is 518 g/mol. The lowest BCUT2D eigenvalue weighted by atomic mass is 10.0. The Kier molecular flexibility index (Phi) is 16.3. The fraction of sp³-hybridized carbons (Fsp3) is 0.840. The number of likely N-dealkylation sites (N-methyl/N-ethyl adjacent to an activating group) is 1. The Labute approximate surface area is 215 Å². The van der Waals surface area contributed by atoms with Crippen LogP contribution in [0.15, 0.2) is 0 Å². The van der Waals surface area contributed by atoms with Gasteiger partial charge in [0, 0.05) is 45.8 Å². The van der Waals surface area contributed by atoms with Gasteiger partial charge in [-0.15, -0.1) is 11.8 Å². The van der Waals surface area contributed by atoms with Crippen LogP contribution in [-0.2, 0) is 28.7 Å². The third-order valence-electron chi connectivity index (χ3n) is 5.97. The SMILES string of the molecule is CNC(CSC(C=O)CC(=O)N(C)CCC(=O)NCCCC(C)(C)OCCC(C)(C)OC)C(C)=O. The van der Waals surface area contributed by atoms with Gasteiger partial charge in [0.2, 0.25) is 11.8 Å². The topological polar surface area (TPSA) is 114 Å². The number of amides is 2. The molecule has 2 amide bonds. The number of thioether (sulfide) groups is 1. The van der Waals surface area contributed by atoms with Crippen molar-refractivity contribution in [2.24, 2.45) is 0 Å². The maximum absolute atomic E-state index is 12.4. The van der Waals surface area contributed by atoms with E-state index in [1.165, 1.54) is 23.6 Å². The fourth-order valence-electron chi connectivity index (χ4n) is 3.07. The van der Waals surface area contributed by atoms with Gasteiger partial charge in [0.25, 0.3) is 0 Å². The van der Waals surface area contributed by atoms with Crippen molar-refractivity contribution in [3.05, 3.63) is 0 Å². The number of nitrogens with zero attached hydrogens (tertiary/aromatic N) is 1. The Morgan fingerprint density at radius 3 is 2.31 bits per heavy atom. The molecule has 0 rings (SSSR count). The summed E-state index contributed by atoms with van der Waals surface area (Å²) >= 11 is 1.28. The lowest BCUT2D eigenvalue weighted by Gasteiger charge is -2.29. The van der Waals surface area contributed by atoms with Crippen LogP contribution in [0.3, 0.4) is 0 Å². The molecule has 0 aromatic carbocycles. The summed E-state index contributed by atoms with van der Waals surface area (Å²) in [7, 11) is 5.01. The number of hydrogen-bond donors (Lipinski definition) is 2. The zero-order chi connectivity index (χ0) is 27.1. The molecule has 0 saturated carbocycles. The Morgan fingerprint density at radius 2 is 1.77 bits per heavy atom. The third-order valence-corrected chi connectivity index (χ3v) is 7.20. The summed E-state index contributed by atoms with van der Waals surface area (Å²) in [4.78, 5) is 48.9. The van der Waals surface area contributed by atoms with Crippen molar-refractivity contribution in [1.29, 1.82) is 0 Å². The van der Waals surface area contributed by atoms with Gasteiger partial charge in [0.1, 0.15) is 12.1 Å². The molecule has 204 valence electrons. The standard InChI is InChI=1S/C25H47N3O6S/c1-19(30)21(26-6)18-35-20(17-29)16-23(32)28(7)14-10-22(31)27-13-9-11-25(4,5)34-15-12-24(2,3)33-8/h17,20-21,26H,9-16,18H2,1-8H3,(H,27,31). The summed E-state index contributed by atoms with van der Waals surface area (Å²) in [5.41, 5.74) is -0.497. The third kappa shape index (κ3) is 16.0. The lowest BCUT2D eigenvalue weighted by molar-refractivity contribution is -0.131. The second kappa shape index (κ2) is 17.1. The van der Waals surface area contributed by atoms with E-state index in [4.69, 9.17) is 9.47 Å². The first-order valence-corrected chi connectivity index (χ1v) is 13.3. The van der Waals surface area contributed by atoms with Gasteiger partial charge < -0.3 is 29.8 Å². The minimum Gasteiger partial charge on any atom is -0.379 e. The van der Waals surface area contributed by atoms with Crippen molar-refractivity contribution in [2.45, 2.75) is 89.2 Å². The lowest BCUT2D eigenvalue weighted by Crippen LogP contribution is -2.36. The van der Waals surface area contributed by atoms with Gasteiger partial charge in [-0.05, 0) is 60.9 Å². The number of carbonyl (C=O) groups is 4. The maximum Gasteiger partial charge on any atom is 0.223 e. The maximum atomic E-state index is 12.4. The first-order chi connectivity index (χ1) is 16.3. The largest absolute Gasteiger partial charge is 0.379 e. The summed E-state index contributed by atoms with van der Waals surface area (Å²) < 4.78 is 11.4. The molecule has 0 saturated heterocycles. The van der Waals surface area contributed by atoms with E-state index in [0.717, 1.165) is 25.5 Å². The first kappa shape index (κ1) is 33.5. The van der Waals surface area contributed by atoms with Crippen LogP contribution in [0.5, 0.6) is 0 Å². The molecule has 0 bridgehead atoms. The fourth-order valence-corrected chi connectivity index (χ4v) is 4.25. The monoisotopic (exact) mass is 517 g/mol. The highest BCUT2D eigenvalue weighted by Gasteiger charge is 2.22. The van der Waals surface area contributed by atoms with Crippen molar-refractivity contribution >= 4 is 35.6 Å². The molecule has 0 aliphatic carbocycles. The highest BCUT2D eigenvalue weighted by molar-refractivity contribution is 8.00. The molecule has 35 heavy (non-hydrogen) atoms. The highest BCUT2D eigenvalue weighted by Crippen LogP contribution is 2.20. The van der Waals surface area contributed by atoms with Gasteiger partial charge in [-0.25, -0.2) is 0 Å². The van der Waals surface area contributed by atoms with Gasteiger partial charge in [-0.3, -0.25) is 14.4 Å². The average Bonchev–Trinajstić information content (AvgIpc) is 2.79. The molecule has 10 heteroatoms. The van der Waals surface area contributed by atoms with Crippen molar-refractivity contribution in [1.82, 2.24) is 15.5 Å². The number of hydrogen-bond acceptors (Lipinski definition) is 8. The summed E-state index contributed by atoms with van der Waals surface area (Å²) in [6, 6.07) is -0.348. The minimum absolute atomic E-state index is 0.0127.